The van der Waals surface area contributed by atoms with E-state index in [2.05, 4.69) is 0 Å². The van der Waals surface area contributed by atoms with Gasteiger partial charge in [-0.3, -0.25) is 4.79 Å². The molecular weight excluding hydrogens is 195 g/mol. The smallest absolute Gasteiger partial charge is 0.167 e. The zero-order chi connectivity index (χ0) is 10.0. The molecule has 0 saturated carbocycles. The van der Waals surface area contributed by atoms with Gasteiger partial charge in [0, 0.05) is 5.02 Å². The van der Waals surface area contributed by atoms with Crippen molar-refractivity contribution < 1.29 is 13.9 Å². The molecule has 0 aliphatic rings. The number of methoxy groups -OCH3 is 1. The number of halogens is 2. The highest BCUT2D eigenvalue weighted by Gasteiger charge is 2.13. The fourth-order valence-corrected chi connectivity index (χ4v) is 1.23. The van der Waals surface area contributed by atoms with E-state index in [0.29, 0.717) is 0 Å². The van der Waals surface area contributed by atoms with Crippen molar-refractivity contribution >= 4 is 17.4 Å². The summed E-state index contributed by atoms with van der Waals surface area (Å²) in [6, 6.07) is 2.48. The van der Waals surface area contributed by atoms with Gasteiger partial charge in [0.2, 0.25) is 0 Å². The SMILES string of the molecule is COc1c(F)cc(Cl)cc1C(C)=O. The number of carbonyl (C=O) groups is 1. The molecule has 13 heavy (non-hydrogen) atoms. The molecular formula is C9H8ClFO2. The Balaban J connectivity index is 3.38. The zero-order valence-electron chi connectivity index (χ0n) is 7.23. The molecule has 1 aromatic rings. The Bertz CT molecular complexity index is 350. The van der Waals surface area contributed by atoms with E-state index in [4.69, 9.17) is 16.3 Å². The monoisotopic (exact) mass is 202 g/mol. The van der Waals surface area contributed by atoms with Gasteiger partial charge in [-0.15, -0.1) is 0 Å². The lowest BCUT2D eigenvalue weighted by atomic mass is 10.1. The van der Waals surface area contributed by atoms with Gasteiger partial charge in [0.05, 0.1) is 12.7 Å². The molecule has 0 bridgehead atoms. The summed E-state index contributed by atoms with van der Waals surface area (Å²) in [4.78, 5) is 11.0. The lowest BCUT2D eigenvalue weighted by Crippen LogP contribution is -1.99. The molecule has 0 aliphatic carbocycles. The van der Waals surface area contributed by atoms with Crippen molar-refractivity contribution in [2.75, 3.05) is 7.11 Å². The molecule has 0 spiro atoms. The van der Waals surface area contributed by atoms with Crippen LogP contribution in [0.15, 0.2) is 12.1 Å². The first-order valence-electron chi connectivity index (χ1n) is 3.60. The molecule has 0 aromatic heterocycles. The maximum atomic E-state index is 13.1. The van der Waals surface area contributed by atoms with E-state index >= 15 is 0 Å². The van der Waals surface area contributed by atoms with Crippen LogP contribution in [0.5, 0.6) is 5.75 Å². The summed E-state index contributed by atoms with van der Waals surface area (Å²) in [5.74, 6) is -0.963. The van der Waals surface area contributed by atoms with Crippen molar-refractivity contribution in [1.29, 1.82) is 0 Å². The van der Waals surface area contributed by atoms with Crippen LogP contribution in [-0.4, -0.2) is 12.9 Å². The summed E-state index contributed by atoms with van der Waals surface area (Å²) >= 11 is 5.58. The van der Waals surface area contributed by atoms with Gasteiger partial charge in [0.15, 0.2) is 17.3 Å². The van der Waals surface area contributed by atoms with Crippen LogP contribution < -0.4 is 4.74 Å². The number of hydrogen-bond acceptors (Lipinski definition) is 2. The quantitative estimate of drug-likeness (QED) is 0.690. The molecule has 0 amide bonds. The van der Waals surface area contributed by atoms with Gasteiger partial charge in [-0.1, -0.05) is 11.6 Å². The summed E-state index contributed by atoms with van der Waals surface area (Å²) in [6.07, 6.45) is 0. The number of rotatable bonds is 2. The lowest BCUT2D eigenvalue weighted by molar-refractivity contribution is 0.101. The van der Waals surface area contributed by atoms with Crippen LogP contribution in [0.1, 0.15) is 17.3 Å². The third-order valence-corrected chi connectivity index (χ3v) is 1.81. The highest BCUT2D eigenvalue weighted by Crippen LogP contribution is 2.26. The summed E-state index contributed by atoms with van der Waals surface area (Å²) in [5.41, 5.74) is 0.160. The summed E-state index contributed by atoms with van der Waals surface area (Å²) in [6.45, 7) is 1.33. The van der Waals surface area contributed by atoms with Crippen molar-refractivity contribution in [2.45, 2.75) is 6.92 Å². The van der Waals surface area contributed by atoms with Crippen LogP contribution in [0.25, 0.3) is 0 Å². The molecule has 4 heteroatoms. The number of Topliss-reactive ketones (excluding diaryl/α,β-unsaturated/α-hetero) is 1. The third kappa shape index (κ3) is 1.98. The molecule has 0 heterocycles. The molecule has 70 valence electrons. The maximum absolute atomic E-state index is 13.1. The van der Waals surface area contributed by atoms with Crippen LogP contribution in [0.4, 0.5) is 4.39 Å². The average Bonchev–Trinajstić information content (AvgIpc) is 2.02. The van der Waals surface area contributed by atoms with E-state index in [9.17, 15) is 9.18 Å². The van der Waals surface area contributed by atoms with Gasteiger partial charge < -0.3 is 4.74 Å². The van der Waals surface area contributed by atoms with Gasteiger partial charge in [0.1, 0.15) is 0 Å². The standard InChI is InChI=1S/C9H8ClFO2/c1-5(12)7-3-6(10)4-8(11)9(7)13-2/h3-4H,1-2H3. The summed E-state index contributed by atoms with van der Waals surface area (Å²) in [7, 11) is 1.30. The van der Waals surface area contributed by atoms with E-state index in [1.807, 2.05) is 0 Å². The Labute approximate surface area is 80.3 Å². The first kappa shape index (κ1) is 9.99. The number of carbonyl (C=O) groups excluding carboxylic acids is 1. The van der Waals surface area contributed by atoms with Crippen LogP contribution in [-0.2, 0) is 0 Å². The van der Waals surface area contributed by atoms with E-state index in [1.165, 1.54) is 20.1 Å². The highest BCUT2D eigenvalue weighted by atomic mass is 35.5. The summed E-state index contributed by atoms with van der Waals surface area (Å²) in [5, 5.41) is 0.184. The Hall–Kier alpha value is -1.09. The number of hydrogen-bond donors (Lipinski definition) is 0. The second-order valence-corrected chi connectivity index (χ2v) is 2.96. The molecule has 0 unspecified atom stereocenters. The van der Waals surface area contributed by atoms with Crippen molar-refractivity contribution in [2.24, 2.45) is 0 Å². The number of benzene rings is 1. The lowest BCUT2D eigenvalue weighted by Gasteiger charge is -2.06. The maximum Gasteiger partial charge on any atom is 0.167 e. The second kappa shape index (κ2) is 3.75. The predicted octanol–water partition coefficient (Wildman–Crippen LogP) is 2.69. The van der Waals surface area contributed by atoms with E-state index in [1.54, 1.807) is 0 Å². The van der Waals surface area contributed by atoms with E-state index in [-0.39, 0.29) is 22.1 Å². The first-order valence-corrected chi connectivity index (χ1v) is 3.98. The minimum Gasteiger partial charge on any atom is -0.493 e. The molecule has 0 atom stereocenters. The third-order valence-electron chi connectivity index (χ3n) is 1.59. The molecule has 1 rings (SSSR count). The van der Waals surface area contributed by atoms with Crippen LogP contribution in [0.3, 0.4) is 0 Å². The fourth-order valence-electron chi connectivity index (χ4n) is 1.03. The average molecular weight is 203 g/mol. The van der Waals surface area contributed by atoms with Crippen molar-refractivity contribution in [3.05, 3.63) is 28.5 Å². The normalized spacial score (nSPS) is 9.85. The molecule has 0 N–H and O–H groups in total. The molecule has 0 aliphatic heterocycles. The van der Waals surface area contributed by atoms with Gasteiger partial charge >= 0.3 is 0 Å². The van der Waals surface area contributed by atoms with Crippen molar-refractivity contribution in [3.63, 3.8) is 0 Å². The minimum atomic E-state index is -0.625. The van der Waals surface area contributed by atoms with Gasteiger partial charge in [0.25, 0.3) is 0 Å². The molecule has 1 aromatic carbocycles. The fraction of sp³-hybridized carbons (Fsp3) is 0.222. The van der Waals surface area contributed by atoms with E-state index in [0.717, 1.165) is 6.07 Å². The van der Waals surface area contributed by atoms with Crippen molar-refractivity contribution in [1.82, 2.24) is 0 Å². The largest absolute Gasteiger partial charge is 0.493 e. The zero-order valence-corrected chi connectivity index (χ0v) is 7.98. The van der Waals surface area contributed by atoms with Crippen LogP contribution in [0, 0.1) is 5.82 Å². The Morgan fingerprint density at radius 3 is 2.62 bits per heavy atom. The van der Waals surface area contributed by atoms with Gasteiger partial charge in [-0.2, -0.15) is 0 Å². The number of ether oxygens (including phenoxy) is 1. The molecule has 0 saturated heterocycles. The highest BCUT2D eigenvalue weighted by molar-refractivity contribution is 6.31. The first-order chi connectivity index (χ1) is 6.06. The Morgan fingerprint density at radius 1 is 1.54 bits per heavy atom. The van der Waals surface area contributed by atoms with Crippen LogP contribution in [0.2, 0.25) is 5.02 Å². The van der Waals surface area contributed by atoms with Crippen LogP contribution >= 0.6 is 11.6 Å². The Kier molecular flexibility index (Phi) is 2.88. The van der Waals surface area contributed by atoms with E-state index < -0.39 is 5.82 Å². The molecule has 0 fully saturated rings. The van der Waals surface area contributed by atoms with Crippen molar-refractivity contribution in [3.8, 4) is 5.75 Å². The molecule has 0 radical (unpaired) electrons. The Morgan fingerprint density at radius 2 is 2.15 bits per heavy atom. The minimum absolute atomic E-state index is 0.0584. The second-order valence-electron chi connectivity index (χ2n) is 2.52. The summed E-state index contributed by atoms with van der Waals surface area (Å²) < 4.78 is 17.8. The topological polar surface area (TPSA) is 26.3 Å². The number of ketones is 1. The van der Waals surface area contributed by atoms with Gasteiger partial charge in [-0.25, -0.2) is 4.39 Å². The van der Waals surface area contributed by atoms with Gasteiger partial charge in [-0.05, 0) is 19.1 Å². The predicted molar refractivity (Wildman–Crippen MR) is 48.0 cm³/mol. The molecule has 2 nitrogen and oxygen atoms in total.